The van der Waals surface area contributed by atoms with Crippen molar-refractivity contribution in [2.45, 2.75) is 38.6 Å². The van der Waals surface area contributed by atoms with Gasteiger partial charge in [-0.15, -0.1) is 11.3 Å². The summed E-state index contributed by atoms with van der Waals surface area (Å²) in [4.78, 5) is 26.4. The number of aryl methyl sites for hydroxylation is 3. The van der Waals surface area contributed by atoms with Crippen molar-refractivity contribution in [2.75, 3.05) is 6.54 Å². The first-order chi connectivity index (χ1) is 11.6. The van der Waals surface area contributed by atoms with Gasteiger partial charge in [-0.25, -0.2) is 0 Å². The lowest BCUT2D eigenvalue weighted by atomic mass is 10.2. The largest absolute Gasteiger partial charge is 0.456 e. The average Bonchev–Trinajstić information content (AvgIpc) is 2.94. The van der Waals surface area contributed by atoms with Crippen molar-refractivity contribution in [3.05, 3.63) is 45.0 Å². The number of hydrogen-bond donors (Lipinski definition) is 2. The quantitative estimate of drug-likeness (QED) is 0.876. The Hall–Kier alpha value is -2.08. The van der Waals surface area contributed by atoms with Gasteiger partial charge in [0.1, 0.15) is 5.76 Å². The normalized spacial score (nSPS) is 21.4. The van der Waals surface area contributed by atoms with Crippen LogP contribution in [-0.4, -0.2) is 24.4 Å². The third-order valence-electron chi connectivity index (χ3n) is 4.70. The Kier molecular flexibility index (Phi) is 3.92. The minimum absolute atomic E-state index is 0.0230. The summed E-state index contributed by atoms with van der Waals surface area (Å²) < 4.78 is 5.30. The molecule has 0 spiro atoms. The number of carbonyl (C=O) groups is 2. The van der Waals surface area contributed by atoms with E-state index in [4.69, 9.17) is 4.42 Å². The lowest BCUT2D eigenvalue weighted by Crippen LogP contribution is -2.30. The molecular formula is C18H20N2O3S. The van der Waals surface area contributed by atoms with Gasteiger partial charge in [-0.1, -0.05) is 0 Å². The second-order valence-corrected chi connectivity index (χ2v) is 7.75. The second kappa shape index (κ2) is 6.09. The van der Waals surface area contributed by atoms with Gasteiger partial charge in [-0.2, -0.15) is 0 Å². The number of fused-ring (bicyclic) bond motifs is 1. The van der Waals surface area contributed by atoms with Crippen LogP contribution >= 0.6 is 11.3 Å². The lowest BCUT2D eigenvalue weighted by molar-refractivity contribution is 0.0922. The number of furan rings is 1. The maximum Gasteiger partial charge on any atom is 0.287 e. The number of carbonyl (C=O) groups excluding carboxylic acids is 2. The van der Waals surface area contributed by atoms with Gasteiger partial charge in [0, 0.05) is 17.5 Å². The molecule has 6 heteroatoms. The Bertz CT molecular complexity index is 771. The molecule has 1 fully saturated rings. The van der Waals surface area contributed by atoms with Crippen LogP contribution in [0.1, 0.15) is 49.3 Å². The van der Waals surface area contributed by atoms with Crippen LogP contribution in [0, 0.1) is 12.8 Å². The van der Waals surface area contributed by atoms with Crippen LogP contribution in [0.5, 0.6) is 0 Å². The monoisotopic (exact) mass is 344 g/mol. The molecule has 0 unspecified atom stereocenters. The fraction of sp³-hybridized carbons (Fsp3) is 0.444. The molecular weight excluding hydrogens is 324 g/mol. The van der Waals surface area contributed by atoms with E-state index >= 15 is 0 Å². The van der Waals surface area contributed by atoms with E-state index in [0.29, 0.717) is 18.2 Å². The van der Waals surface area contributed by atoms with Crippen molar-refractivity contribution in [3.63, 3.8) is 0 Å². The molecule has 24 heavy (non-hydrogen) atoms. The summed E-state index contributed by atoms with van der Waals surface area (Å²) in [7, 11) is 0. The molecule has 2 aromatic rings. The summed E-state index contributed by atoms with van der Waals surface area (Å²) in [5.74, 6) is 1.19. The van der Waals surface area contributed by atoms with Gasteiger partial charge in [-0.05, 0) is 62.3 Å². The maximum atomic E-state index is 12.3. The van der Waals surface area contributed by atoms with Crippen LogP contribution in [0.4, 0.5) is 0 Å². The third-order valence-corrected chi connectivity index (χ3v) is 5.93. The highest BCUT2D eigenvalue weighted by atomic mass is 32.1. The molecule has 0 radical (unpaired) electrons. The van der Waals surface area contributed by atoms with E-state index in [1.807, 2.05) is 13.0 Å². The van der Waals surface area contributed by atoms with E-state index in [0.717, 1.165) is 29.9 Å². The highest BCUT2D eigenvalue weighted by Crippen LogP contribution is 2.33. The fourth-order valence-corrected chi connectivity index (χ4v) is 4.35. The summed E-state index contributed by atoms with van der Waals surface area (Å²) in [5, 5.41) is 5.94. The first kappa shape index (κ1) is 15.4. The molecule has 1 saturated carbocycles. The molecule has 2 heterocycles. The van der Waals surface area contributed by atoms with Gasteiger partial charge in [0.25, 0.3) is 11.8 Å². The molecule has 2 aliphatic rings. The van der Waals surface area contributed by atoms with Crippen molar-refractivity contribution >= 4 is 23.2 Å². The highest BCUT2D eigenvalue weighted by Gasteiger charge is 2.39. The minimum Gasteiger partial charge on any atom is -0.456 e. The topological polar surface area (TPSA) is 71.3 Å². The van der Waals surface area contributed by atoms with Gasteiger partial charge in [0.15, 0.2) is 5.76 Å². The zero-order chi connectivity index (χ0) is 16.7. The van der Waals surface area contributed by atoms with E-state index in [1.54, 1.807) is 23.5 Å². The van der Waals surface area contributed by atoms with Crippen molar-refractivity contribution in [3.8, 4) is 0 Å². The molecule has 0 bridgehead atoms. The summed E-state index contributed by atoms with van der Waals surface area (Å²) in [5.41, 5.74) is 1.35. The first-order valence-electron chi connectivity index (χ1n) is 8.37. The molecule has 2 atom stereocenters. The Labute approximate surface area is 144 Å². The molecule has 2 aliphatic carbocycles. The van der Waals surface area contributed by atoms with Crippen LogP contribution in [0.15, 0.2) is 22.6 Å². The van der Waals surface area contributed by atoms with Crippen molar-refractivity contribution < 1.29 is 14.0 Å². The van der Waals surface area contributed by atoms with E-state index < -0.39 is 0 Å². The van der Waals surface area contributed by atoms with Crippen LogP contribution < -0.4 is 10.6 Å². The van der Waals surface area contributed by atoms with E-state index in [9.17, 15) is 9.59 Å². The molecule has 126 valence electrons. The number of nitrogens with one attached hydrogen (secondary N) is 2. The molecule has 5 nitrogen and oxygen atoms in total. The van der Waals surface area contributed by atoms with Crippen molar-refractivity contribution in [1.29, 1.82) is 0 Å². The molecule has 0 aromatic carbocycles. The zero-order valence-electron chi connectivity index (χ0n) is 13.6. The number of amides is 2. The predicted molar refractivity (Wildman–Crippen MR) is 91.5 cm³/mol. The van der Waals surface area contributed by atoms with Crippen molar-refractivity contribution in [1.82, 2.24) is 10.6 Å². The Morgan fingerprint density at radius 2 is 2.17 bits per heavy atom. The van der Waals surface area contributed by atoms with Crippen LogP contribution in [0.2, 0.25) is 0 Å². The minimum atomic E-state index is -0.199. The Morgan fingerprint density at radius 1 is 1.29 bits per heavy atom. The number of rotatable bonds is 5. The number of thiophene rings is 1. The molecule has 2 amide bonds. The number of hydrogen-bond acceptors (Lipinski definition) is 4. The van der Waals surface area contributed by atoms with E-state index in [-0.39, 0.29) is 17.9 Å². The maximum absolute atomic E-state index is 12.3. The standard InChI is InChI=1S/C18H20N2O3S/c1-10-5-6-14(23-10)17(21)19-9-12-7-13(12)20-18(22)16-8-11-3-2-4-15(11)24-16/h5-6,8,12-13H,2-4,7,9H2,1H3,(H,19,21)(H,20,22)/t12-,13-/m0/s1. The van der Waals surface area contributed by atoms with Crippen LogP contribution in [0.25, 0.3) is 0 Å². The second-order valence-electron chi connectivity index (χ2n) is 6.61. The van der Waals surface area contributed by atoms with Crippen LogP contribution in [-0.2, 0) is 12.8 Å². The summed E-state index contributed by atoms with van der Waals surface area (Å²) in [6, 6.07) is 5.65. The van der Waals surface area contributed by atoms with E-state index in [2.05, 4.69) is 10.6 Å². The molecule has 2 aromatic heterocycles. The summed E-state index contributed by atoms with van der Waals surface area (Å²) >= 11 is 1.62. The first-order valence-corrected chi connectivity index (χ1v) is 9.19. The highest BCUT2D eigenvalue weighted by molar-refractivity contribution is 7.14. The summed E-state index contributed by atoms with van der Waals surface area (Å²) in [6.07, 6.45) is 4.33. The molecule has 4 rings (SSSR count). The third kappa shape index (κ3) is 3.11. The molecule has 0 saturated heterocycles. The Balaban J connectivity index is 1.24. The van der Waals surface area contributed by atoms with Crippen molar-refractivity contribution in [2.24, 2.45) is 5.92 Å². The average molecular weight is 344 g/mol. The molecule has 0 aliphatic heterocycles. The predicted octanol–water partition coefficient (Wildman–Crippen LogP) is 2.69. The fourth-order valence-electron chi connectivity index (χ4n) is 3.20. The van der Waals surface area contributed by atoms with E-state index in [1.165, 1.54) is 16.9 Å². The molecule has 2 N–H and O–H groups in total. The van der Waals surface area contributed by atoms with Crippen LogP contribution in [0.3, 0.4) is 0 Å². The van der Waals surface area contributed by atoms with Gasteiger partial charge in [-0.3, -0.25) is 9.59 Å². The SMILES string of the molecule is Cc1ccc(C(=O)NC[C@@H]2C[C@@H]2NC(=O)c2cc3c(s2)CCC3)o1. The van der Waals surface area contributed by atoms with Gasteiger partial charge in [0.2, 0.25) is 0 Å². The smallest absolute Gasteiger partial charge is 0.287 e. The van der Waals surface area contributed by atoms with Gasteiger partial charge in [0.05, 0.1) is 4.88 Å². The Morgan fingerprint density at radius 3 is 2.92 bits per heavy atom. The van der Waals surface area contributed by atoms with Gasteiger partial charge >= 0.3 is 0 Å². The summed E-state index contributed by atoms with van der Waals surface area (Å²) in [6.45, 7) is 2.37. The van der Waals surface area contributed by atoms with Gasteiger partial charge < -0.3 is 15.1 Å². The lowest BCUT2D eigenvalue weighted by Gasteiger charge is -2.04. The zero-order valence-corrected chi connectivity index (χ0v) is 14.4.